The number of benzene rings is 2. The number of hydrogen-bond donors (Lipinski definition) is 3. The molecule has 2 fully saturated rings. The number of alkyl carbamates (subject to hydrolysis) is 2. The lowest BCUT2D eigenvalue weighted by Crippen LogP contribution is -2.51. The average molecular weight is 1020 g/mol. The van der Waals surface area contributed by atoms with Crippen LogP contribution in [-0.4, -0.2) is 128 Å². The van der Waals surface area contributed by atoms with Crippen molar-refractivity contribution in [2.24, 2.45) is 11.8 Å². The predicted molar refractivity (Wildman–Crippen MR) is 284 cm³/mol. The highest BCUT2D eigenvalue weighted by molar-refractivity contribution is 6.76. The van der Waals surface area contributed by atoms with Crippen molar-refractivity contribution in [2.75, 3.05) is 47.2 Å². The van der Waals surface area contributed by atoms with E-state index in [9.17, 15) is 19.2 Å². The van der Waals surface area contributed by atoms with Crippen LogP contribution in [0.4, 0.5) is 9.59 Å². The number of likely N-dealkylation sites (tertiary alicyclic amines) is 1. The summed E-state index contributed by atoms with van der Waals surface area (Å²) in [5.74, 6) is 7.38. The number of ether oxygens (including phenoxy) is 4. The maximum atomic E-state index is 14.0. The van der Waals surface area contributed by atoms with E-state index in [0.29, 0.717) is 45.5 Å². The van der Waals surface area contributed by atoms with Gasteiger partial charge < -0.3 is 48.5 Å². The summed E-state index contributed by atoms with van der Waals surface area (Å²) >= 11 is 0. The first-order valence-electron chi connectivity index (χ1n) is 25.2. The molecule has 4 aromatic rings. The molecule has 0 radical (unpaired) electrons. The van der Waals surface area contributed by atoms with E-state index in [-0.39, 0.29) is 36.4 Å². The van der Waals surface area contributed by atoms with E-state index in [4.69, 9.17) is 28.9 Å². The minimum Gasteiger partial charge on any atom is -0.453 e. The summed E-state index contributed by atoms with van der Waals surface area (Å²) < 4.78 is 26.1. The third-order valence-corrected chi connectivity index (χ3v) is 16.4. The van der Waals surface area contributed by atoms with Crippen molar-refractivity contribution in [3.63, 3.8) is 0 Å². The van der Waals surface area contributed by atoms with Crippen LogP contribution >= 0.6 is 0 Å². The van der Waals surface area contributed by atoms with Crippen LogP contribution in [0, 0.1) is 23.7 Å². The molecule has 2 saturated heterocycles. The molecule has 4 amide bonds. The monoisotopic (exact) mass is 1020 g/mol. The fourth-order valence-electron chi connectivity index (χ4n) is 8.61. The van der Waals surface area contributed by atoms with Gasteiger partial charge in [0.1, 0.15) is 43.2 Å². The van der Waals surface area contributed by atoms with Gasteiger partial charge in [0.05, 0.1) is 38.3 Å². The number of amides is 4. The Balaban J connectivity index is 1.20. The molecule has 2 aliphatic heterocycles. The Morgan fingerprint density at radius 1 is 0.667 bits per heavy atom. The van der Waals surface area contributed by atoms with Gasteiger partial charge in [-0.25, -0.2) is 19.6 Å². The molecule has 0 spiro atoms. The molecule has 72 heavy (non-hydrogen) atoms. The smallest absolute Gasteiger partial charge is 0.407 e. The van der Waals surface area contributed by atoms with Gasteiger partial charge in [-0.15, -0.1) is 0 Å². The van der Waals surface area contributed by atoms with E-state index in [0.717, 1.165) is 64.4 Å². The van der Waals surface area contributed by atoms with Gasteiger partial charge in [0.25, 0.3) is 0 Å². The number of hydrogen-bond acceptors (Lipinski definition) is 11. The largest absolute Gasteiger partial charge is 0.453 e. The van der Waals surface area contributed by atoms with Crippen molar-refractivity contribution in [3.05, 3.63) is 83.7 Å². The Labute approximate surface area is 428 Å². The van der Waals surface area contributed by atoms with E-state index in [1.165, 1.54) is 14.2 Å². The fraction of sp³-hybridized carbons (Fsp3) is 0.547. The number of imidazole rings is 2. The lowest BCUT2D eigenvalue weighted by Gasteiger charge is -2.30. The van der Waals surface area contributed by atoms with Gasteiger partial charge in [0.15, 0.2) is 0 Å². The first-order chi connectivity index (χ1) is 34.2. The molecular formula is C53H77N9O8Si2. The quantitative estimate of drug-likeness (QED) is 0.0440. The van der Waals surface area contributed by atoms with Crippen LogP contribution in [0.3, 0.4) is 0 Å². The van der Waals surface area contributed by atoms with Gasteiger partial charge in [-0.2, -0.15) is 0 Å². The molecule has 390 valence electrons. The molecule has 4 atom stereocenters. The molecule has 2 aromatic carbocycles. The molecule has 2 aliphatic rings. The Morgan fingerprint density at radius 2 is 1.10 bits per heavy atom. The summed E-state index contributed by atoms with van der Waals surface area (Å²) in [6.45, 7) is 24.8. The predicted octanol–water partition coefficient (Wildman–Crippen LogP) is 8.29. The molecule has 17 nitrogen and oxygen atoms in total. The number of nitrogens with one attached hydrogen (secondary N) is 3. The summed E-state index contributed by atoms with van der Waals surface area (Å²) in [5, 5.41) is 8.81. The van der Waals surface area contributed by atoms with Gasteiger partial charge in [0, 0.05) is 77.1 Å². The van der Waals surface area contributed by atoms with Crippen LogP contribution in [0.1, 0.15) is 75.4 Å². The first kappa shape index (κ1) is 55.5. The van der Waals surface area contributed by atoms with Crippen LogP contribution < -0.4 is 16.0 Å². The van der Waals surface area contributed by atoms with Gasteiger partial charge in [0.2, 0.25) is 11.8 Å². The summed E-state index contributed by atoms with van der Waals surface area (Å²) in [6.07, 6.45) is 4.24. The average Bonchev–Trinajstić information content (AvgIpc) is 4.18. The number of carbonyl (C=O) groups excluding carboxylic acids is 4. The van der Waals surface area contributed by atoms with Crippen molar-refractivity contribution in [1.82, 2.24) is 44.9 Å². The zero-order chi connectivity index (χ0) is 52.3. The van der Waals surface area contributed by atoms with Crippen LogP contribution in [0.25, 0.3) is 22.5 Å². The maximum absolute atomic E-state index is 14.0. The molecule has 4 unspecified atom stereocenters. The minimum atomic E-state index is -1.32. The van der Waals surface area contributed by atoms with Crippen molar-refractivity contribution in [2.45, 2.75) is 130 Å². The zero-order valence-corrected chi connectivity index (χ0v) is 46.5. The van der Waals surface area contributed by atoms with Crippen LogP contribution in [-0.2, 0) is 42.0 Å². The van der Waals surface area contributed by atoms with Gasteiger partial charge in [-0.3, -0.25) is 14.9 Å². The van der Waals surface area contributed by atoms with Crippen LogP contribution in [0.15, 0.2) is 60.9 Å². The van der Waals surface area contributed by atoms with Crippen molar-refractivity contribution in [1.29, 1.82) is 0 Å². The summed E-state index contributed by atoms with van der Waals surface area (Å²) in [6, 6.07) is 15.8. The summed E-state index contributed by atoms with van der Waals surface area (Å²) in [7, 11) is -0.0585. The van der Waals surface area contributed by atoms with Crippen LogP contribution in [0.5, 0.6) is 0 Å². The highest BCUT2D eigenvalue weighted by atomic mass is 28.3. The highest BCUT2D eigenvalue weighted by Crippen LogP contribution is 2.35. The summed E-state index contributed by atoms with van der Waals surface area (Å²) in [5.41, 5.74) is 4.99. The molecule has 0 saturated carbocycles. The third-order valence-electron chi connectivity index (χ3n) is 13.0. The molecule has 6 rings (SSSR count). The molecule has 0 aliphatic carbocycles. The van der Waals surface area contributed by atoms with Crippen molar-refractivity contribution < 1.29 is 38.1 Å². The lowest BCUT2D eigenvalue weighted by molar-refractivity contribution is -0.136. The molecular weight excluding hydrogens is 947 g/mol. The Morgan fingerprint density at radius 3 is 1.51 bits per heavy atom. The van der Waals surface area contributed by atoms with Crippen molar-refractivity contribution >= 4 is 40.1 Å². The van der Waals surface area contributed by atoms with Gasteiger partial charge in [-0.1, -0.05) is 103 Å². The topological polar surface area (TPSA) is 183 Å². The van der Waals surface area contributed by atoms with E-state index < -0.39 is 46.5 Å². The summed E-state index contributed by atoms with van der Waals surface area (Å²) in [4.78, 5) is 66.3. The SMILES string of the molecule is COC(=O)NC(C(=O)N1CCCC1c1nc(-c2ccc(C#Cc3ccc(-c4cn(COCC[Si](C)(C)C)c(C5CNCN5C(=O)C(NC(=O)OC)C(C)C)n4)cc3)cc2)cn1COCC[Si](C)(C)C)C(C)C. The molecule has 4 heterocycles. The second-order valence-electron chi connectivity index (χ2n) is 21.8. The number of methoxy groups -OCH3 is 2. The molecule has 2 aromatic heterocycles. The second-order valence-corrected chi connectivity index (χ2v) is 33.1. The minimum absolute atomic E-state index is 0.144. The Hall–Kier alpha value is -5.79. The van der Waals surface area contributed by atoms with Gasteiger partial charge >= 0.3 is 12.2 Å². The third kappa shape index (κ3) is 14.9. The van der Waals surface area contributed by atoms with E-state index in [1.54, 1.807) is 4.90 Å². The van der Waals surface area contributed by atoms with Crippen molar-refractivity contribution in [3.8, 4) is 34.4 Å². The number of nitrogens with zero attached hydrogens (tertiary/aromatic N) is 6. The molecule has 19 heteroatoms. The number of carbonyl (C=O) groups is 4. The Bertz CT molecular complexity index is 2370. The molecule has 3 N–H and O–H groups in total. The van der Waals surface area contributed by atoms with E-state index in [2.05, 4.69) is 67.1 Å². The Kier molecular flexibility index (Phi) is 19.1. The van der Waals surface area contributed by atoms with Gasteiger partial charge in [-0.05, 0) is 61.0 Å². The standard InChI is InChI=1S/C53H77N9O8Si2/c1-36(2)46(57-52(65)67-5)50(63)61-25-13-14-44(61)48-55-42(31-59(48)34-69-26-28-71(7,8)9)40-21-17-38(18-22-40)15-16-39-19-23-41(24-20-39)43-32-60(35-70-27-29-72(10,11)12)49(56-43)45-30-54-33-62(45)51(64)47(37(3)4)58-53(66)68-6/h17-24,31-32,36-37,44-47,54H,13-14,25-30,33-35H2,1-12H3,(H,57,65)(H,58,66). The maximum Gasteiger partial charge on any atom is 0.407 e. The first-order valence-corrected chi connectivity index (χ1v) is 32.6. The van der Waals surface area contributed by atoms with Crippen LogP contribution in [0.2, 0.25) is 51.4 Å². The molecule has 0 bridgehead atoms. The van der Waals surface area contributed by atoms with E-state index in [1.807, 2.05) is 103 Å². The lowest BCUT2D eigenvalue weighted by atomic mass is 10.0. The zero-order valence-electron chi connectivity index (χ0n) is 44.5. The number of rotatable bonds is 20. The second kappa shape index (κ2) is 24.8. The number of aromatic nitrogens is 4. The van der Waals surface area contributed by atoms with E-state index >= 15 is 0 Å². The highest BCUT2D eigenvalue weighted by Gasteiger charge is 2.40. The fourth-order valence-corrected chi connectivity index (χ4v) is 10.1. The normalized spacial score (nSPS) is 16.9.